The molecule has 1 fully saturated rings. The average Bonchev–Trinajstić information content (AvgIpc) is 2.85. The van der Waals surface area contributed by atoms with Gasteiger partial charge in [-0.05, 0) is 25.0 Å². The van der Waals surface area contributed by atoms with Crippen molar-refractivity contribution in [3.8, 4) is 0 Å². The predicted octanol–water partition coefficient (Wildman–Crippen LogP) is 2.17. The van der Waals surface area contributed by atoms with E-state index in [1.807, 2.05) is 12.1 Å². The number of hydrogen-bond donors (Lipinski definition) is 2. The van der Waals surface area contributed by atoms with E-state index >= 15 is 0 Å². The van der Waals surface area contributed by atoms with Crippen LogP contribution < -0.4 is 5.32 Å². The molecule has 2 amide bonds. The number of nitrogens with one attached hydrogen (secondary N) is 2. The molecule has 0 spiro atoms. The predicted molar refractivity (Wildman–Crippen MR) is 80.1 cm³/mol. The summed E-state index contributed by atoms with van der Waals surface area (Å²) in [5.41, 5.74) is 1.37. The van der Waals surface area contributed by atoms with Gasteiger partial charge in [0, 0.05) is 13.5 Å². The summed E-state index contributed by atoms with van der Waals surface area (Å²) in [5.74, 6) is 0.101. The molecule has 2 aromatic rings. The number of para-hydroxylation sites is 1. The zero-order valence-corrected chi connectivity index (χ0v) is 12.3. The first-order valence-corrected chi connectivity index (χ1v) is 7.15. The van der Waals surface area contributed by atoms with Crippen molar-refractivity contribution in [3.63, 3.8) is 0 Å². The van der Waals surface area contributed by atoms with Crippen LogP contribution in [0.25, 0.3) is 11.0 Å². The number of hydrogen-bond acceptors (Lipinski definition) is 3. The Bertz CT molecular complexity index is 712. The fraction of sp³-hybridized carbons (Fsp3) is 0.357. The first-order chi connectivity index (χ1) is 10.1. The SMILES string of the molecule is CN1C(=O)CCCC1C(=O)Nc1nc2c(Cl)cccc2[nH]1. The Balaban J connectivity index is 1.80. The van der Waals surface area contributed by atoms with E-state index in [4.69, 9.17) is 11.6 Å². The summed E-state index contributed by atoms with van der Waals surface area (Å²) in [5, 5.41) is 3.24. The number of H-pyrrole nitrogens is 1. The Kier molecular flexibility index (Phi) is 3.55. The Morgan fingerprint density at radius 1 is 1.52 bits per heavy atom. The van der Waals surface area contributed by atoms with Gasteiger partial charge < -0.3 is 9.88 Å². The van der Waals surface area contributed by atoms with E-state index in [9.17, 15) is 9.59 Å². The number of carbonyl (C=O) groups is 2. The second-order valence-electron chi connectivity index (χ2n) is 5.12. The van der Waals surface area contributed by atoms with Crippen molar-refractivity contribution in [3.05, 3.63) is 23.2 Å². The largest absolute Gasteiger partial charge is 0.334 e. The number of likely N-dealkylation sites (tertiary alicyclic amines) is 1. The standard InChI is InChI=1S/C14H15ClN4O2/c1-19-10(6-3-7-11(19)20)13(21)18-14-16-9-5-2-4-8(15)12(9)17-14/h2,4-5,10H,3,6-7H2,1H3,(H2,16,17,18,21). The summed E-state index contributed by atoms with van der Waals surface area (Å²) in [6, 6.07) is 4.93. The molecule has 2 N–H and O–H groups in total. The van der Waals surface area contributed by atoms with Gasteiger partial charge in [0.1, 0.15) is 11.6 Å². The number of rotatable bonds is 2. The van der Waals surface area contributed by atoms with Gasteiger partial charge in [0.25, 0.3) is 0 Å². The molecule has 3 rings (SSSR count). The van der Waals surface area contributed by atoms with Gasteiger partial charge >= 0.3 is 0 Å². The molecule has 6 nitrogen and oxygen atoms in total. The van der Waals surface area contributed by atoms with Crippen molar-refractivity contribution in [1.29, 1.82) is 0 Å². The lowest BCUT2D eigenvalue weighted by Crippen LogP contribution is -2.47. The summed E-state index contributed by atoms with van der Waals surface area (Å²) in [7, 11) is 1.65. The number of aromatic amines is 1. The van der Waals surface area contributed by atoms with Crippen LogP contribution in [0, 0.1) is 0 Å². The fourth-order valence-corrected chi connectivity index (χ4v) is 2.77. The summed E-state index contributed by atoms with van der Waals surface area (Å²) in [4.78, 5) is 32.7. The normalized spacial score (nSPS) is 19.0. The van der Waals surface area contributed by atoms with Crippen molar-refractivity contribution in [1.82, 2.24) is 14.9 Å². The van der Waals surface area contributed by atoms with E-state index in [2.05, 4.69) is 15.3 Å². The summed E-state index contributed by atoms with van der Waals surface area (Å²) < 4.78 is 0. The minimum atomic E-state index is -0.449. The Morgan fingerprint density at radius 3 is 3.10 bits per heavy atom. The minimum absolute atomic E-state index is 0.00551. The number of halogens is 1. The number of nitrogens with zero attached hydrogens (tertiary/aromatic N) is 2. The number of carbonyl (C=O) groups excluding carboxylic acids is 2. The lowest BCUT2D eigenvalue weighted by molar-refractivity contribution is -0.140. The van der Waals surface area contributed by atoms with Gasteiger partial charge in [0.15, 0.2) is 0 Å². The van der Waals surface area contributed by atoms with Crippen LogP contribution in [0.2, 0.25) is 5.02 Å². The highest BCUT2D eigenvalue weighted by atomic mass is 35.5. The maximum Gasteiger partial charge on any atom is 0.249 e. The van der Waals surface area contributed by atoms with Crippen LogP contribution in [0.1, 0.15) is 19.3 Å². The molecule has 7 heteroatoms. The first-order valence-electron chi connectivity index (χ1n) is 6.77. The van der Waals surface area contributed by atoms with Gasteiger partial charge in [0.05, 0.1) is 10.5 Å². The van der Waals surface area contributed by atoms with Gasteiger partial charge in [-0.15, -0.1) is 0 Å². The van der Waals surface area contributed by atoms with Crippen LogP contribution in [0.4, 0.5) is 5.95 Å². The minimum Gasteiger partial charge on any atom is -0.334 e. The number of fused-ring (bicyclic) bond motifs is 1. The van der Waals surface area contributed by atoms with Crippen molar-refractivity contribution in [2.45, 2.75) is 25.3 Å². The van der Waals surface area contributed by atoms with Crippen LogP contribution in [-0.2, 0) is 9.59 Å². The molecule has 1 aromatic carbocycles. The highest BCUT2D eigenvalue weighted by molar-refractivity contribution is 6.35. The number of anilines is 1. The molecule has 0 aliphatic carbocycles. The van der Waals surface area contributed by atoms with E-state index < -0.39 is 6.04 Å². The van der Waals surface area contributed by atoms with Gasteiger partial charge in [-0.25, -0.2) is 4.98 Å². The first kappa shape index (κ1) is 13.9. The average molecular weight is 307 g/mol. The van der Waals surface area contributed by atoms with Crippen LogP contribution >= 0.6 is 11.6 Å². The molecule has 0 radical (unpaired) electrons. The molecule has 1 aliphatic heterocycles. The summed E-state index contributed by atoms with van der Waals surface area (Å²) in [6.07, 6.45) is 1.89. The van der Waals surface area contributed by atoms with E-state index in [-0.39, 0.29) is 11.8 Å². The van der Waals surface area contributed by atoms with Crippen LogP contribution in [0.5, 0.6) is 0 Å². The number of benzene rings is 1. The molecule has 1 atom stereocenters. The van der Waals surface area contributed by atoms with E-state index in [0.29, 0.717) is 29.3 Å². The van der Waals surface area contributed by atoms with Crippen molar-refractivity contribution in [2.24, 2.45) is 0 Å². The molecule has 1 aromatic heterocycles. The monoisotopic (exact) mass is 306 g/mol. The molecule has 1 aliphatic rings. The number of aromatic nitrogens is 2. The Labute approximate surface area is 126 Å². The third-order valence-corrected chi connectivity index (χ3v) is 4.04. The Hall–Kier alpha value is -2.08. The third-order valence-electron chi connectivity index (χ3n) is 3.74. The van der Waals surface area contributed by atoms with Crippen LogP contribution in [0.3, 0.4) is 0 Å². The van der Waals surface area contributed by atoms with E-state index in [0.717, 1.165) is 11.9 Å². The zero-order chi connectivity index (χ0) is 15.0. The van der Waals surface area contributed by atoms with Gasteiger partial charge in [-0.1, -0.05) is 17.7 Å². The third kappa shape index (κ3) is 2.58. The molecule has 0 saturated carbocycles. The van der Waals surface area contributed by atoms with Crippen molar-refractivity contribution < 1.29 is 9.59 Å². The maximum atomic E-state index is 12.3. The lowest BCUT2D eigenvalue weighted by atomic mass is 10.0. The Morgan fingerprint density at radius 2 is 2.33 bits per heavy atom. The maximum absolute atomic E-state index is 12.3. The fourth-order valence-electron chi connectivity index (χ4n) is 2.55. The van der Waals surface area contributed by atoms with Gasteiger partial charge in [0.2, 0.25) is 17.8 Å². The molecule has 110 valence electrons. The van der Waals surface area contributed by atoms with E-state index in [1.54, 1.807) is 13.1 Å². The van der Waals surface area contributed by atoms with Gasteiger partial charge in [-0.3, -0.25) is 14.9 Å². The number of amides is 2. The second kappa shape index (κ2) is 5.37. The number of piperidine rings is 1. The van der Waals surface area contributed by atoms with Gasteiger partial charge in [-0.2, -0.15) is 0 Å². The molecule has 21 heavy (non-hydrogen) atoms. The highest BCUT2D eigenvalue weighted by Gasteiger charge is 2.30. The zero-order valence-electron chi connectivity index (χ0n) is 11.5. The van der Waals surface area contributed by atoms with Crippen LogP contribution in [-0.4, -0.2) is 39.8 Å². The molecule has 1 unspecified atom stereocenters. The van der Waals surface area contributed by atoms with Crippen molar-refractivity contribution >= 4 is 40.4 Å². The molecule has 2 heterocycles. The quantitative estimate of drug-likeness (QED) is 0.892. The lowest BCUT2D eigenvalue weighted by Gasteiger charge is -2.30. The highest BCUT2D eigenvalue weighted by Crippen LogP contribution is 2.23. The molecular weight excluding hydrogens is 292 g/mol. The smallest absolute Gasteiger partial charge is 0.249 e. The molecule has 1 saturated heterocycles. The molecular formula is C14H15ClN4O2. The topological polar surface area (TPSA) is 78.1 Å². The number of imidazole rings is 1. The summed E-state index contributed by atoms with van der Waals surface area (Å²) in [6.45, 7) is 0. The number of likely N-dealkylation sites (N-methyl/N-ethyl adjacent to an activating group) is 1. The van der Waals surface area contributed by atoms with Crippen molar-refractivity contribution in [2.75, 3.05) is 12.4 Å². The van der Waals surface area contributed by atoms with Crippen LogP contribution in [0.15, 0.2) is 18.2 Å². The molecule has 0 bridgehead atoms. The summed E-state index contributed by atoms with van der Waals surface area (Å²) >= 11 is 6.05. The van der Waals surface area contributed by atoms with E-state index in [1.165, 1.54) is 4.90 Å². The second-order valence-corrected chi connectivity index (χ2v) is 5.53.